The first kappa shape index (κ1) is 25.3. The minimum atomic E-state index is -3.58. The van der Waals surface area contributed by atoms with Crippen molar-refractivity contribution >= 4 is 31.9 Å². The number of rotatable bonds is 3. The van der Waals surface area contributed by atoms with Crippen LogP contribution in [0.2, 0.25) is 0 Å². The predicted octanol–water partition coefficient (Wildman–Crippen LogP) is 5.62. The van der Waals surface area contributed by atoms with Gasteiger partial charge in [-0.25, -0.2) is 17.6 Å². The zero-order chi connectivity index (χ0) is 23.2. The number of aryl methyl sites for hydroxylation is 1. The third-order valence-corrected chi connectivity index (χ3v) is 7.36. The molecule has 3 rings (SSSR count). The predicted molar refractivity (Wildman–Crippen MR) is 123 cm³/mol. The van der Waals surface area contributed by atoms with Gasteiger partial charge in [0.25, 0.3) is 0 Å². The highest BCUT2D eigenvalue weighted by molar-refractivity contribution is 9.10. The molecule has 0 N–H and O–H groups in total. The summed E-state index contributed by atoms with van der Waals surface area (Å²) in [4.78, 5) is 13.4. The second kappa shape index (κ2) is 10.6. The number of hydrogen-bond donors (Lipinski definition) is 0. The fourth-order valence-electron chi connectivity index (χ4n) is 3.05. The van der Waals surface area contributed by atoms with Gasteiger partial charge in [0, 0.05) is 17.6 Å². The van der Waals surface area contributed by atoms with Gasteiger partial charge in [0.2, 0.25) is 0 Å². The standard InChI is InChI=1S/C15H20FNO4S.C8H9Br/c1-15(2,3)21-14(18)17-9-8-13(10-17)22(19,20)12-6-4-11(16)5-7-12;1-2-7-4-3-5-8(9)6-7/h4-7,13H,8-10H2,1-3H3;3-6H,2H2,1H3. The summed E-state index contributed by atoms with van der Waals surface area (Å²) >= 11 is 3.40. The maximum absolute atomic E-state index is 12.9. The fourth-order valence-corrected chi connectivity index (χ4v) is 5.19. The first-order valence-corrected chi connectivity index (χ1v) is 12.5. The molecule has 1 aliphatic rings. The van der Waals surface area contributed by atoms with E-state index in [1.165, 1.54) is 27.1 Å². The molecule has 2 aromatic rings. The van der Waals surface area contributed by atoms with E-state index in [9.17, 15) is 17.6 Å². The SMILES string of the molecule is CC(C)(C)OC(=O)N1CCC(S(=O)(=O)c2ccc(F)cc2)C1.CCc1cccc(Br)c1. The van der Waals surface area contributed by atoms with E-state index in [0.717, 1.165) is 18.6 Å². The molecule has 0 radical (unpaired) electrons. The summed E-state index contributed by atoms with van der Waals surface area (Å²) in [7, 11) is -3.58. The van der Waals surface area contributed by atoms with Crippen molar-refractivity contribution in [2.45, 2.75) is 56.3 Å². The number of benzene rings is 2. The molecule has 31 heavy (non-hydrogen) atoms. The van der Waals surface area contributed by atoms with Crippen molar-refractivity contribution in [2.24, 2.45) is 0 Å². The van der Waals surface area contributed by atoms with Gasteiger partial charge in [-0.05, 0) is 75.6 Å². The van der Waals surface area contributed by atoms with Crippen LogP contribution in [-0.4, -0.2) is 43.4 Å². The molecule has 8 heteroatoms. The molecule has 0 spiro atoms. The Morgan fingerprint density at radius 1 is 1.19 bits per heavy atom. The van der Waals surface area contributed by atoms with Crippen LogP contribution in [0.15, 0.2) is 57.9 Å². The van der Waals surface area contributed by atoms with Gasteiger partial charge in [0.1, 0.15) is 11.4 Å². The van der Waals surface area contributed by atoms with Crippen LogP contribution in [0, 0.1) is 5.82 Å². The second-order valence-corrected chi connectivity index (χ2v) is 11.5. The molecule has 1 aliphatic heterocycles. The second-order valence-electron chi connectivity index (χ2n) is 8.32. The molecule has 1 amide bonds. The van der Waals surface area contributed by atoms with Crippen molar-refractivity contribution in [3.05, 3.63) is 64.4 Å². The van der Waals surface area contributed by atoms with Crippen molar-refractivity contribution in [3.63, 3.8) is 0 Å². The van der Waals surface area contributed by atoms with E-state index in [2.05, 4.69) is 41.1 Å². The lowest BCUT2D eigenvalue weighted by Gasteiger charge is -2.24. The zero-order valence-electron chi connectivity index (χ0n) is 18.3. The number of ether oxygens (including phenoxy) is 1. The number of likely N-dealkylation sites (tertiary alicyclic amines) is 1. The van der Waals surface area contributed by atoms with Crippen LogP contribution in [0.3, 0.4) is 0 Å². The summed E-state index contributed by atoms with van der Waals surface area (Å²) in [6.45, 7) is 7.85. The molecule has 0 bridgehead atoms. The van der Waals surface area contributed by atoms with Crippen LogP contribution in [-0.2, 0) is 21.0 Å². The first-order chi connectivity index (χ1) is 14.4. The van der Waals surface area contributed by atoms with Crippen molar-refractivity contribution < 1.29 is 22.3 Å². The Morgan fingerprint density at radius 2 is 1.84 bits per heavy atom. The zero-order valence-corrected chi connectivity index (χ0v) is 20.7. The van der Waals surface area contributed by atoms with Gasteiger partial charge in [0.15, 0.2) is 9.84 Å². The van der Waals surface area contributed by atoms with E-state index < -0.39 is 32.6 Å². The minimum absolute atomic E-state index is 0.0740. The van der Waals surface area contributed by atoms with Gasteiger partial charge in [-0.3, -0.25) is 0 Å². The van der Waals surface area contributed by atoms with Crippen LogP contribution >= 0.6 is 15.9 Å². The van der Waals surface area contributed by atoms with Crippen LogP contribution < -0.4 is 0 Å². The molecule has 170 valence electrons. The van der Waals surface area contributed by atoms with Gasteiger partial charge in [0.05, 0.1) is 10.1 Å². The largest absolute Gasteiger partial charge is 0.444 e. The van der Waals surface area contributed by atoms with E-state index in [-0.39, 0.29) is 11.4 Å². The van der Waals surface area contributed by atoms with E-state index in [4.69, 9.17) is 4.74 Å². The van der Waals surface area contributed by atoms with Crippen LogP contribution in [0.1, 0.15) is 39.7 Å². The number of nitrogens with zero attached hydrogens (tertiary/aromatic N) is 1. The Morgan fingerprint density at radius 3 is 2.35 bits per heavy atom. The van der Waals surface area contributed by atoms with Crippen LogP contribution in [0.25, 0.3) is 0 Å². The number of sulfone groups is 1. The lowest BCUT2D eigenvalue weighted by molar-refractivity contribution is 0.0295. The molecule has 0 saturated carbocycles. The average molecular weight is 514 g/mol. The molecule has 0 aliphatic carbocycles. The van der Waals surface area contributed by atoms with Crippen LogP contribution in [0.4, 0.5) is 9.18 Å². The first-order valence-electron chi connectivity index (χ1n) is 10.1. The molecule has 2 aromatic carbocycles. The Bertz CT molecular complexity index is 987. The van der Waals surface area contributed by atoms with Crippen LogP contribution in [0.5, 0.6) is 0 Å². The van der Waals surface area contributed by atoms with E-state index >= 15 is 0 Å². The minimum Gasteiger partial charge on any atom is -0.444 e. The monoisotopic (exact) mass is 513 g/mol. The summed E-state index contributed by atoms with van der Waals surface area (Å²) in [5.41, 5.74) is 0.759. The molecular weight excluding hydrogens is 485 g/mol. The highest BCUT2D eigenvalue weighted by Gasteiger charge is 2.37. The smallest absolute Gasteiger partial charge is 0.410 e. The quantitative estimate of drug-likeness (QED) is 0.499. The van der Waals surface area contributed by atoms with Gasteiger partial charge in [-0.1, -0.05) is 35.0 Å². The summed E-state index contributed by atoms with van der Waals surface area (Å²) in [6.07, 6.45) is 0.947. The summed E-state index contributed by atoms with van der Waals surface area (Å²) in [6, 6.07) is 13.1. The van der Waals surface area contributed by atoms with Crippen molar-refractivity contribution in [1.82, 2.24) is 4.90 Å². The lowest BCUT2D eigenvalue weighted by Crippen LogP contribution is -2.36. The number of halogens is 2. The number of carbonyl (C=O) groups is 1. The van der Waals surface area contributed by atoms with Crippen molar-refractivity contribution in [3.8, 4) is 0 Å². The van der Waals surface area contributed by atoms with Gasteiger partial charge in [-0.2, -0.15) is 0 Å². The van der Waals surface area contributed by atoms with E-state index in [0.29, 0.717) is 13.0 Å². The van der Waals surface area contributed by atoms with Gasteiger partial charge >= 0.3 is 6.09 Å². The molecule has 1 unspecified atom stereocenters. The fraction of sp³-hybridized carbons (Fsp3) is 0.435. The third kappa shape index (κ3) is 7.61. The van der Waals surface area contributed by atoms with Crippen molar-refractivity contribution in [2.75, 3.05) is 13.1 Å². The molecule has 1 saturated heterocycles. The molecule has 1 atom stereocenters. The maximum atomic E-state index is 12.9. The molecule has 5 nitrogen and oxygen atoms in total. The Kier molecular flexibility index (Phi) is 8.65. The Balaban J connectivity index is 0.000000316. The summed E-state index contributed by atoms with van der Waals surface area (Å²) < 4.78 is 44.3. The molecule has 1 fully saturated rings. The molecular formula is C23H29BrFNO4S. The third-order valence-electron chi connectivity index (χ3n) is 4.67. The van der Waals surface area contributed by atoms with E-state index in [1.807, 2.05) is 6.07 Å². The maximum Gasteiger partial charge on any atom is 0.410 e. The topological polar surface area (TPSA) is 63.7 Å². The Labute approximate surface area is 192 Å². The highest BCUT2D eigenvalue weighted by Crippen LogP contribution is 2.25. The van der Waals surface area contributed by atoms with Crippen molar-refractivity contribution in [1.29, 1.82) is 0 Å². The summed E-state index contributed by atoms with van der Waals surface area (Å²) in [5, 5.41) is -0.689. The van der Waals surface area contributed by atoms with Gasteiger partial charge < -0.3 is 9.64 Å². The Hall–Kier alpha value is -1.93. The normalized spacial score (nSPS) is 16.5. The highest BCUT2D eigenvalue weighted by atomic mass is 79.9. The average Bonchev–Trinajstić information content (AvgIpc) is 3.19. The van der Waals surface area contributed by atoms with Gasteiger partial charge in [-0.15, -0.1) is 0 Å². The number of hydrogen-bond acceptors (Lipinski definition) is 4. The van der Waals surface area contributed by atoms with E-state index in [1.54, 1.807) is 20.8 Å². The molecule has 0 aromatic heterocycles. The number of carbonyl (C=O) groups excluding carboxylic acids is 1. The molecule has 1 heterocycles. The lowest BCUT2D eigenvalue weighted by atomic mass is 10.2. The number of amides is 1. The summed E-state index contributed by atoms with van der Waals surface area (Å²) in [5.74, 6) is -0.485.